The zero-order valence-electron chi connectivity index (χ0n) is 10.9. The van der Waals surface area contributed by atoms with Crippen LogP contribution >= 0.6 is 0 Å². The van der Waals surface area contributed by atoms with Crippen molar-refractivity contribution in [2.24, 2.45) is 0 Å². The van der Waals surface area contributed by atoms with Crippen LogP contribution in [-0.2, 0) is 9.47 Å². The van der Waals surface area contributed by atoms with Crippen LogP contribution in [0.4, 0.5) is 0 Å². The predicted molar refractivity (Wildman–Crippen MR) is 65.8 cm³/mol. The van der Waals surface area contributed by atoms with Gasteiger partial charge in [0.25, 0.3) is 0 Å². The molecule has 0 bridgehead atoms. The van der Waals surface area contributed by atoms with Crippen LogP contribution in [0.2, 0.25) is 0 Å². The zero-order valence-corrected chi connectivity index (χ0v) is 10.9. The van der Waals surface area contributed by atoms with E-state index in [9.17, 15) is 0 Å². The molecule has 0 aromatic carbocycles. The number of rotatable bonds is 7. The second-order valence-corrected chi connectivity index (χ2v) is 4.63. The molecular weight excluding hydrogens is 204 g/mol. The molecule has 1 aliphatic rings. The largest absolute Gasteiger partial charge is 0.383 e. The summed E-state index contributed by atoms with van der Waals surface area (Å²) in [6, 6.07) is 1.12. The van der Waals surface area contributed by atoms with Gasteiger partial charge in [0.1, 0.15) is 0 Å². The molecule has 96 valence electrons. The molecule has 1 heterocycles. The first-order valence-corrected chi connectivity index (χ1v) is 6.22. The van der Waals surface area contributed by atoms with Gasteiger partial charge in [0, 0.05) is 32.8 Å². The van der Waals surface area contributed by atoms with E-state index in [-0.39, 0.29) is 0 Å². The Morgan fingerprint density at radius 2 is 1.94 bits per heavy atom. The van der Waals surface area contributed by atoms with E-state index in [1.807, 2.05) is 0 Å². The van der Waals surface area contributed by atoms with Crippen molar-refractivity contribution >= 4 is 0 Å². The molecule has 0 radical (unpaired) electrons. The minimum atomic E-state index is 0.459. The first kappa shape index (κ1) is 13.9. The Morgan fingerprint density at radius 3 is 2.50 bits per heavy atom. The van der Waals surface area contributed by atoms with Gasteiger partial charge in [-0.25, -0.2) is 0 Å². The van der Waals surface area contributed by atoms with Crippen molar-refractivity contribution < 1.29 is 9.47 Å². The zero-order chi connectivity index (χ0) is 11.8. The van der Waals surface area contributed by atoms with Crippen molar-refractivity contribution in [1.29, 1.82) is 0 Å². The average molecular weight is 230 g/mol. The van der Waals surface area contributed by atoms with Gasteiger partial charge in [-0.3, -0.25) is 0 Å². The number of nitrogens with one attached hydrogen (secondary N) is 1. The lowest BCUT2D eigenvalue weighted by Gasteiger charge is -2.33. The summed E-state index contributed by atoms with van der Waals surface area (Å²) in [6.07, 6.45) is 2.47. The van der Waals surface area contributed by atoms with Gasteiger partial charge in [0.05, 0.1) is 13.2 Å². The van der Waals surface area contributed by atoms with Crippen LogP contribution in [0.15, 0.2) is 0 Å². The first-order chi connectivity index (χ1) is 7.76. The molecule has 1 unspecified atom stereocenters. The quantitative estimate of drug-likeness (QED) is 0.699. The number of hydrogen-bond donors (Lipinski definition) is 1. The van der Waals surface area contributed by atoms with Crippen LogP contribution in [0.1, 0.15) is 19.8 Å². The van der Waals surface area contributed by atoms with Crippen molar-refractivity contribution in [3.05, 3.63) is 0 Å². The van der Waals surface area contributed by atoms with Gasteiger partial charge in [-0.15, -0.1) is 0 Å². The van der Waals surface area contributed by atoms with E-state index in [0.717, 1.165) is 19.8 Å². The molecular formula is C12H26N2O2. The molecule has 1 rings (SSSR count). The molecule has 1 saturated heterocycles. The molecule has 0 aromatic rings. The van der Waals surface area contributed by atoms with Crippen LogP contribution < -0.4 is 5.32 Å². The van der Waals surface area contributed by atoms with E-state index in [0.29, 0.717) is 12.1 Å². The predicted octanol–water partition coefficient (Wildman–Crippen LogP) is 0.722. The minimum absolute atomic E-state index is 0.459. The summed E-state index contributed by atoms with van der Waals surface area (Å²) in [5.41, 5.74) is 0. The number of hydrogen-bond acceptors (Lipinski definition) is 4. The maximum atomic E-state index is 5.13. The maximum Gasteiger partial charge on any atom is 0.0613 e. The van der Waals surface area contributed by atoms with Crippen LogP contribution in [0, 0.1) is 0 Å². The molecule has 16 heavy (non-hydrogen) atoms. The van der Waals surface area contributed by atoms with Gasteiger partial charge in [0.2, 0.25) is 0 Å². The fourth-order valence-electron chi connectivity index (χ4n) is 2.24. The van der Waals surface area contributed by atoms with Crippen LogP contribution in [0.25, 0.3) is 0 Å². The van der Waals surface area contributed by atoms with Crippen LogP contribution in [0.5, 0.6) is 0 Å². The second-order valence-electron chi connectivity index (χ2n) is 4.63. The van der Waals surface area contributed by atoms with Gasteiger partial charge >= 0.3 is 0 Å². The molecule has 1 atom stereocenters. The summed E-state index contributed by atoms with van der Waals surface area (Å²) >= 11 is 0. The monoisotopic (exact) mass is 230 g/mol. The SMILES string of the molecule is COCCN1CCC(NC(C)COC)CC1. The number of nitrogens with zero attached hydrogens (tertiary/aromatic N) is 1. The highest BCUT2D eigenvalue weighted by molar-refractivity contribution is 4.79. The Kier molecular flexibility index (Phi) is 6.96. The van der Waals surface area contributed by atoms with Gasteiger partial charge < -0.3 is 19.7 Å². The average Bonchev–Trinajstić information content (AvgIpc) is 2.28. The highest BCUT2D eigenvalue weighted by Crippen LogP contribution is 2.10. The third kappa shape index (κ3) is 5.25. The Morgan fingerprint density at radius 1 is 1.25 bits per heavy atom. The standard InChI is InChI=1S/C12H26N2O2/c1-11(10-16-3)13-12-4-6-14(7-5-12)8-9-15-2/h11-13H,4-10H2,1-3H3. The third-order valence-corrected chi connectivity index (χ3v) is 3.14. The van der Waals surface area contributed by atoms with E-state index in [1.54, 1.807) is 14.2 Å². The summed E-state index contributed by atoms with van der Waals surface area (Å²) in [5.74, 6) is 0. The molecule has 0 spiro atoms. The van der Waals surface area contributed by atoms with Crippen molar-refractivity contribution in [3.8, 4) is 0 Å². The summed E-state index contributed by atoms with van der Waals surface area (Å²) in [5, 5.41) is 3.61. The molecule has 1 aliphatic heterocycles. The molecule has 4 heteroatoms. The van der Waals surface area contributed by atoms with E-state index >= 15 is 0 Å². The fraction of sp³-hybridized carbons (Fsp3) is 1.00. The molecule has 0 saturated carbocycles. The number of likely N-dealkylation sites (tertiary alicyclic amines) is 1. The number of ether oxygens (including phenoxy) is 2. The smallest absolute Gasteiger partial charge is 0.0613 e. The minimum Gasteiger partial charge on any atom is -0.383 e. The first-order valence-electron chi connectivity index (χ1n) is 6.22. The Labute approximate surface area is 99.3 Å². The van der Waals surface area contributed by atoms with E-state index in [1.165, 1.54) is 25.9 Å². The van der Waals surface area contributed by atoms with Crippen LogP contribution in [0.3, 0.4) is 0 Å². The lowest BCUT2D eigenvalue weighted by Crippen LogP contribution is -2.47. The third-order valence-electron chi connectivity index (χ3n) is 3.14. The molecule has 0 aliphatic carbocycles. The van der Waals surface area contributed by atoms with Crippen molar-refractivity contribution in [1.82, 2.24) is 10.2 Å². The van der Waals surface area contributed by atoms with E-state index < -0.39 is 0 Å². The fourth-order valence-corrected chi connectivity index (χ4v) is 2.24. The van der Waals surface area contributed by atoms with Crippen molar-refractivity contribution in [3.63, 3.8) is 0 Å². The Bertz CT molecular complexity index is 170. The summed E-state index contributed by atoms with van der Waals surface area (Å²) in [6.45, 7) is 7.25. The second kappa shape index (κ2) is 8.01. The molecule has 0 amide bonds. The highest BCUT2D eigenvalue weighted by Gasteiger charge is 2.19. The lowest BCUT2D eigenvalue weighted by atomic mass is 10.0. The number of methoxy groups -OCH3 is 2. The normalized spacial score (nSPS) is 21.2. The summed E-state index contributed by atoms with van der Waals surface area (Å²) in [4.78, 5) is 2.47. The molecule has 1 fully saturated rings. The Balaban J connectivity index is 2.11. The molecule has 0 aromatic heterocycles. The molecule has 4 nitrogen and oxygen atoms in total. The lowest BCUT2D eigenvalue weighted by molar-refractivity contribution is 0.117. The highest BCUT2D eigenvalue weighted by atomic mass is 16.5. The summed E-state index contributed by atoms with van der Waals surface area (Å²) in [7, 11) is 3.52. The topological polar surface area (TPSA) is 33.7 Å². The van der Waals surface area contributed by atoms with E-state index in [4.69, 9.17) is 9.47 Å². The van der Waals surface area contributed by atoms with Gasteiger partial charge in [-0.05, 0) is 32.9 Å². The van der Waals surface area contributed by atoms with E-state index in [2.05, 4.69) is 17.1 Å². The van der Waals surface area contributed by atoms with Crippen molar-refractivity contribution in [2.75, 3.05) is 47.1 Å². The van der Waals surface area contributed by atoms with Gasteiger partial charge in [-0.1, -0.05) is 0 Å². The number of piperidine rings is 1. The maximum absolute atomic E-state index is 5.13. The molecule has 1 N–H and O–H groups in total. The summed E-state index contributed by atoms with van der Waals surface area (Å²) < 4.78 is 10.2. The van der Waals surface area contributed by atoms with Crippen molar-refractivity contribution in [2.45, 2.75) is 31.8 Å². The van der Waals surface area contributed by atoms with Crippen LogP contribution in [-0.4, -0.2) is 64.1 Å². The Hall–Kier alpha value is -0.160. The van der Waals surface area contributed by atoms with Gasteiger partial charge in [-0.2, -0.15) is 0 Å². The van der Waals surface area contributed by atoms with Gasteiger partial charge in [0.15, 0.2) is 0 Å².